The number of benzene rings is 1. The number of carbonyl (C=O) groups excluding carboxylic acids is 1. The molecule has 0 spiro atoms. The standard InChI is InChI=1S/C16H20N2O3/c19-15(8-3-9-16(20)21)18-11-12-5-4-10-17(12)13-6-1-2-7-14(13)18/h1-2,6-7,12H,3-5,8-11H2,(H,20,21)/t12-/m1/s1. The Morgan fingerprint density at radius 3 is 2.71 bits per heavy atom. The first kappa shape index (κ1) is 13.9. The van der Waals surface area contributed by atoms with Gasteiger partial charge in [-0.15, -0.1) is 0 Å². The third-order valence-corrected chi connectivity index (χ3v) is 4.33. The number of aliphatic carboxylic acids is 1. The molecule has 1 saturated heterocycles. The molecule has 3 rings (SSSR count). The fourth-order valence-corrected chi connectivity index (χ4v) is 3.35. The minimum Gasteiger partial charge on any atom is -0.481 e. The van der Waals surface area contributed by atoms with Crippen LogP contribution in [0, 0.1) is 0 Å². The average Bonchev–Trinajstić information content (AvgIpc) is 2.94. The summed E-state index contributed by atoms with van der Waals surface area (Å²) in [5, 5.41) is 8.69. The molecule has 0 radical (unpaired) electrons. The number of para-hydroxylation sites is 2. The van der Waals surface area contributed by atoms with Crippen LogP contribution in [0.1, 0.15) is 32.1 Å². The van der Waals surface area contributed by atoms with Crippen molar-refractivity contribution < 1.29 is 14.7 Å². The van der Waals surface area contributed by atoms with E-state index in [1.165, 1.54) is 6.42 Å². The second-order valence-electron chi connectivity index (χ2n) is 5.73. The number of carboxylic acid groups (broad SMARTS) is 1. The molecular formula is C16H20N2O3. The summed E-state index contributed by atoms with van der Waals surface area (Å²) in [6.45, 7) is 1.78. The Bertz CT molecular complexity index is 558. The maximum absolute atomic E-state index is 12.4. The third kappa shape index (κ3) is 2.73. The van der Waals surface area contributed by atoms with Crippen molar-refractivity contribution in [3.8, 4) is 0 Å². The van der Waals surface area contributed by atoms with Crippen LogP contribution in [0.2, 0.25) is 0 Å². The van der Waals surface area contributed by atoms with Gasteiger partial charge in [0.25, 0.3) is 0 Å². The Balaban J connectivity index is 1.78. The molecule has 0 unspecified atom stereocenters. The second kappa shape index (κ2) is 5.76. The van der Waals surface area contributed by atoms with Crippen LogP contribution in [0.3, 0.4) is 0 Å². The summed E-state index contributed by atoms with van der Waals surface area (Å²) < 4.78 is 0. The highest BCUT2D eigenvalue weighted by molar-refractivity contribution is 5.98. The lowest BCUT2D eigenvalue weighted by Crippen LogP contribution is -2.48. The van der Waals surface area contributed by atoms with Crippen molar-refractivity contribution >= 4 is 23.3 Å². The molecule has 1 atom stereocenters. The van der Waals surface area contributed by atoms with Crippen molar-refractivity contribution in [1.82, 2.24) is 0 Å². The van der Waals surface area contributed by atoms with Crippen LogP contribution >= 0.6 is 0 Å². The fourth-order valence-electron chi connectivity index (χ4n) is 3.35. The third-order valence-electron chi connectivity index (χ3n) is 4.33. The highest BCUT2D eigenvalue weighted by Crippen LogP contribution is 2.39. The SMILES string of the molecule is O=C(O)CCCC(=O)N1C[C@H]2CCCN2c2ccccc21. The number of carbonyl (C=O) groups is 2. The van der Waals surface area contributed by atoms with Gasteiger partial charge in [0.2, 0.25) is 5.91 Å². The van der Waals surface area contributed by atoms with Crippen molar-refractivity contribution in [2.45, 2.75) is 38.1 Å². The van der Waals surface area contributed by atoms with E-state index in [0.29, 0.717) is 18.9 Å². The molecule has 2 heterocycles. The monoisotopic (exact) mass is 288 g/mol. The minimum absolute atomic E-state index is 0.0373. The quantitative estimate of drug-likeness (QED) is 0.923. The van der Waals surface area contributed by atoms with Crippen LogP contribution in [0.5, 0.6) is 0 Å². The van der Waals surface area contributed by atoms with E-state index in [2.05, 4.69) is 11.0 Å². The summed E-state index contributed by atoms with van der Waals surface area (Å²) in [4.78, 5) is 27.3. The van der Waals surface area contributed by atoms with E-state index in [9.17, 15) is 9.59 Å². The normalized spacial score (nSPS) is 20.1. The van der Waals surface area contributed by atoms with Crippen molar-refractivity contribution in [2.75, 3.05) is 22.9 Å². The number of hydrogen-bond acceptors (Lipinski definition) is 3. The Kier molecular flexibility index (Phi) is 3.82. The Morgan fingerprint density at radius 2 is 1.95 bits per heavy atom. The van der Waals surface area contributed by atoms with Crippen LogP contribution in [0.15, 0.2) is 24.3 Å². The molecule has 1 N–H and O–H groups in total. The van der Waals surface area contributed by atoms with Crippen LogP contribution in [-0.2, 0) is 9.59 Å². The Hall–Kier alpha value is -2.04. The number of rotatable bonds is 4. The molecular weight excluding hydrogens is 268 g/mol. The predicted molar refractivity (Wildman–Crippen MR) is 80.6 cm³/mol. The molecule has 0 aromatic heterocycles. The van der Waals surface area contributed by atoms with E-state index in [1.807, 2.05) is 23.1 Å². The number of carboxylic acids is 1. The molecule has 1 amide bonds. The van der Waals surface area contributed by atoms with Gasteiger partial charge in [0.1, 0.15) is 0 Å². The van der Waals surface area contributed by atoms with Gasteiger partial charge in [-0.3, -0.25) is 9.59 Å². The van der Waals surface area contributed by atoms with Gasteiger partial charge < -0.3 is 14.9 Å². The van der Waals surface area contributed by atoms with Crippen LogP contribution < -0.4 is 9.80 Å². The van der Waals surface area contributed by atoms with Gasteiger partial charge in [-0.25, -0.2) is 0 Å². The Morgan fingerprint density at radius 1 is 1.19 bits per heavy atom. The summed E-state index contributed by atoms with van der Waals surface area (Å²) in [5.41, 5.74) is 2.11. The summed E-state index contributed by atoms with van der Waals surface area (Å²) in [6.07, 6.45) is 3.04. The zero-order valence-electron chi connectivity index (χ0n) is 12.0. The van der Waals surface area contributed by atoms with E-state index in [4.69, 9.17) is 5.11 Å². The second-order valence-corrected chi connectivity index (χ2v) is 5.73. The van der Waals surface area contributed by atoms with E-state index >= 15 is 0 Å². The number of hydrogen-bond donors (Lipinski definition) is 1. The van der Waals surface area contributed by atoms with Gasteiger partial charge in [0, 0.05) is 32.0 Å². The Labute approximate surface area is 124 Å². The molecule has 1 aromatic carbocycles. The molecule has 21 heavy (non-hydrogen) atoms. The summed E-state index contributed by atoms with van der Waals surface area (Å²) in [7, 11) is 0. The van der Waals surface area contributed by atoms with Gasteiger partial charge in [-0.1, -0.05) is 12.1 Å². The maximum Gasteiger partial charge on any atom is 0.303 e. The minimum atomic E-state index is -0.844. The molecule has 0 bridgehead atoms. The van der Waals surface area contributed by atoms with Crippen LogP contribution in [-0.4, -0.2) is 36.1 Å². The molecule has 2 aliphatic heterocycles. The molecule has 2 aliphatic rings. The zero-order valence-corrected chi connectivity index (χ0v) is 12.0. The van der Waals surface area contributed by atoms with Crippen molar-refractivity contribution in [3.05, 3.63) is 24.3 Å². The van der Waals surface area contributed by atoms with Gasteiger partial charge in [0.15, 0.2) is 0 Å². The van der Waals surface area contributed by atoms with Crippen molar-refractivity contribution in [3.63, 3.8) is 0 Å². The first-order chi connectivity index (χ1) is 10.2. The van der Waals surface area contributed by atoms with Crippen molar-refractivity contribution in [1.29, 1.82) is 0 Å². The zero-order chi connectivity index (χ0) is 14.8. The predicted octanol–water partition coefficient (Wildman–Crippen LogP) is 2.26. The summed E-state index contributed by atoms with van der Waals surface area (Å²) >= 11 is 0. The smallest absolute Gasteiger partial charge is 0.303 e. The summed E-state index contributed by atoms with van der Waals surface area (Å²) in [6, 6.07) is 8.42. The topological polar surface area (TPSA) is 60.9 Å². The molecule has 1 aromatic rings. The highest BCUT2D eigenvalue weighted by Gasteiger charge is 2.35. The molecule has 5 nitrogen and oxygen atoms in total. The van der Waals surface area contributed by atoms with Gasteiger partial charge in [0.05, 0.1) is 11.4 Å². The lowest BCUT2D eigenvalue weighted by molar-refractivity contribution is -0.137. The lowest BCUT2D eigenvalue weighted by Gasteiger charge is -2.40. The van der Waals surface area contributed by atoms with Crippen LogP contribution in [0.25, 0.3) is 0 Å². The first-order valence-electron chi connectivity index (χ1n) is 7.54. The van der Waals surface area contributed by atoms with E-state index in [0.717, 1.165) is 30.9 Å². The summed E-state index contributed by atoms with van der Waals surface area (Å²) in [5.74, 6) is -0.806. The van der Waals surface area contributed by atoms with Gasteiger partial charge >= 0.3 is 5.97 Å². The average molecular weight is 288 g/mol. The van der Waals surface area contributed by atoms with E-state index in [1.54, 1.807) is 0 Å². The fraction of sp³-hybridized carbons (Fsp3) is 0.500. The van der Waals surface area contributed by atoms with E-state index in [-0.39, 0.29) is 12.3 Å². The number of nitrogens with zero attached hydrogens (tertiary/aromatic N) is 2. The first-order valence-corrected chi connectivity index (χ1v) is 7.54. The maximum atomic E-state index is 12.4. The number of anilines is 2. The van der Waals surface area contributed by atoms with Crippen molar-refractivity contribution in [2.24, 2.45) is 0 Å². The van der Waals surface area contributed by atoms with Gasteiger partial charge in [-0.05, 0) is 31.4 Å². The molecule has 1 fully saturated rings. The van der Waals surface area contributed by atoms with Gasteiger partial charge in [-0.2, -0.15) is 0 Å². The molecule has 112 valence electrons. The molecule has 0 aliphatic carbocycles. The largest absolute Gasteiger partial charge is 0.481 e. The highest BCUT2D eigenvalue weighted by atomic mass is 16.4. The number of fused-ring (bicyclic) bond motifs is 3. The van der Waals surface area contributed by atoms with Crippen LogP contribution in [0.4, 0.5) is 11.4 Å². The lowest BCUT2D eigenvalue weighted by atomic mass is 10.1. The molecule has 0 saturated carbocycles. The van der Waals surface area contributed by atoms with E-state index < -0.39 is 5.97 Å². The number of amides is 1. The molecule has 5 heteroatoms.